The number of hydrogen-bond acceptors (Lipinski definition) is 5. The molecule has 1 saturated heterocycles. The van der Waals surface area contributed by atoms with E-state index in [0.717, 1.165) is 0 Å². The SMILES string of the molecule is O=C(CSc1nc2ccccc2c(=O)n1-c1ccc(Cl)cc1)N1CCOCC1. The van der Waals surface area contributed by atoms with Crippen LogP contribution in [0.2, 0.25) is 5.02 Å². The molecule has 8 heteroatoms. The standard InChI is InChI=1S/C20H18ClN3O3S/c21-14-5-7-15(8-6-14)24-19(26)16-3-1-2-4-17(16)22-20(24)28-13-18(25)23-9-11-27-12-10-23/h1-8H,9-13H2. The maximum atomic E-state index is 13.1. The number of benzene rings is 2. The molecule has 0 atom stereocenters. The van der Waals surface area contributed by atoms with Crippen LogP contribution in [0.25, 0.3) is 16.6 Å². The minimum absolute atomic E-state index is 0.0124. The summed E-state index contributed by atoms with van der Waals surface area (Å²) in [6.45, 7) is 2.29. The van der Waals surface area contributed by atoms with Crippen molar-refractivity contribution in [1.82, 2.24) is 14.5 Å². The molecule has 1 aliphatic heterocycles. The van der Waals surface area contributed by atoms with Crippen molar-refractivity contribution >= 4 is 40.2 Å². The highest BCUT2D eigenvalue weighted by Crippen LogP contribution is 2.23. The second-order valence-electron chi connectivity index (χ2n) is 6.31. The maximum absolute atomic E-state index is 13.1. The third-order valence-corrected chi connectivity index (χ3v) is 5.69. The van der Waals surface area contributed by atoms with Crippen LogP contribution in [0.3, 0.4) is 0 Å². The monoisotopic (exact) mass is 415 g/mol. The van der Waals surface area contributed by atoms with Gasteiger partial charge in [-0.25, -0.2) is 4.98 Å². The molecule has 2 aromatic carbocycles. The van der Waals surface area contributed by atoms with Crippen LogP contribution in [0.4, 0.5) is 0 Å². The number of carbonyl (C=O) groups is 1. The Morgan fingerprint density at radius 3 is 2.57 bits per heavy atom. The highest BCUT2D eigenvalue weighted by atomic mass is 35.5. The van der Waals surface area contributed by atoms with Crippen LogP contribution in [0.15, 0.2) is 58.5 Å². The molecule has 0 saturated carbocycles. The molecule has 6 nitrogen and oxygen atoms in total. The fourth-order valence-electron chi connectivity index (χ4n) is 3.06. The van der Waals surface area contributed by atoms with Gasteiger partial charge in [0.05, 0.1) is 35.6 Å². The first-order chi connectivity index (χ1) is 13.6. The lowest BCUT2D eigenvalue weighted by molar-refractivity contribution is -0.132. The number of aromatic nitrogens is 2. The summed E-state index contributed by atoms with van der Waals surface area (Å²) in [5, 5.41) is 1.59. The minimum Gasteiger partial charge on any atom is -0.378 e. The van der Waals surface area contributed by atoms with Gasteiger partial charge in [0.25, 0.3) is 5.56 Å². The van der Waals surface area contributed by atoms with Crippen LogP contribution in [-0.2, 0) is 9.53 Å². The summed E-state index contributed by atoms with van der Waals surface area (Å²) in [5.74, 6) is 0.219. The number of halogens is 1. The zero-order valence-electron chi connectivity index (χ0n) is 15.0. The van der Waals surface area contributed by atoms with Gasteiger partial charge in [0, 0.05) is 18.1 Å². The third kappa shape index (κ3) is 3.92. The van der Waals surface area contributed by atoms with Gasteiger partial charge in [0.1, 0.15) is 0 Å². The minimum atomic E-state index is -0.172. The number of ether oxygens (including phenoxy) is 1. The summed E-state index contributed by atoms with van der Waals surface area (Å²) in [7, 11) is 0. The number of rotatable bonds is 4. The van der Waals surface area contributed by atoms with Crippen molar-refractivity contribution in [3.8, 4) is 5.69 Å². The van der Waals surface area contributed by atoms with Crippen molar-refractivity contribution in [2.24, 2.45) is 0 Å². The predicted octanol–water partition coefficient (Wildman–Crippen LogP) is 2.99. The van der Waals surface area contributed by atoms with Gasteiger partial charge in [-0.1, -0.05) is 35.5 Å². The van der Waals surface area contributed by atoms with Crippen LogP contribution in [0.1, 0.15) is 0 Å². The Bertz CT molecular complexity index is 1060. The molecule has 0 N–H and O–H groups in total. The topological polar surface area (TPSA) is 64.4 Å². The van der Waals surface area contributed by atoms with Gasteiger partial charge in [-0.2, -0.15) is 0 Å². The molecule has 0 unspecified atom stereocenters. The Morgan fingerprint density at radius 1 is 1.11 bits per heavy atom. The zero-order valence-corrected chi connectivity index (χ0v) is 16.6. The number of nitrogens with zero attached hydrogens (tertiary/aromatic N) is 3. The van der Waals surface area contributed by atoms with Crippen LogP contribution in [0, 0.1) is 0 Å². The third-order valence-electron chi connectivity index (χ3n) is 4.52. The molecule has 28 heavy (non-hydrogen) atoms. The Labute approximate surface area is 171 Å². The van der Waals surface area contributed by atoms with Gasteiger partial charge in [-0.3, -0.25) is 14.2 Å². The number of thioether (sulfide) groups is 1. The van der Waals surface area contributed by atoms with E-state index in [1.54, 1.807) is 41.3 Å². The van der Waals surface area contributed by atoms with Gasteiger partial charge < -0.3 is 9.64 Å². The van der Waals surface area contributed by atoms with Crippen LogP contribution < -0.4 is 5.56 Å². The Morgan fingerprint density at radius 2 is 1.82 bits per heavy atom. The highest BCUT2D eigenvalue weighted by Gasteiger charge is 2.19. The molecular formula is C20H18ClN3O3S. The Balaban J connectivity index is 1.71. The molecule has 1 amide bonds. The first-order valence-electron chi connectivity index (χ1n) is 8.89. The molecule has 0 spiro atoms. The second-order valence-corrected chi connectivity index (χ2v) is 7.69. The molecule has 3 aromatic rings. The molecule has 0 aliphatic carbocycles. The lowest BCUT2D eigenvalue weighted by atomic mass is 10.2. The van der Waals surface area contributed by atoms with Crippen molar-refractivity contribution in [2.75, 3.05) is 32.1 Å². The fourth-order valence-corrected chi connectivity index (χ4v) is 4.10. The number of carbonyl (C=O) groups excluding carboxylic acids is 1. The summed E-state index contributed by atoms with van der Waals surface area (Å²) in [6.07, 6.45) is 0. The van der Waals surface area contributed by atoms with E-state index in [1.165, 1.54) is 16.3 Å². The maximum Gasteiger partial charge on any atom is 0.266 e. The normalized spacial score (nSPS) is 14.4. The van der Waals surface area contributed by atoms with Crippen LogP contribution >= 0.6 is 23.4 Å². The van der Waals surface area contributed by atoms with Crippen molar-refractivity contribution < 1.29 is 9.53 Å². The number of para-hydroxylation sites is 1. The number of amides is 1. The van der Waals surface area contributed by atoms with E-state index in [-0.39, 0.29) is 17.2 Å². The van der Waals surface area contributed by atoms with Gasteiger partial charge in [0.15, 0.2) is 5.16 Å². The van der Waals surface area contributed by atoms with Crippen molar-refractivity contribution in [1.29, 1.82) is 0 Å². The molecule has 0 radical (unpaired) electrons. The first-order valence-corrected chi connectivity index (χ1v) is 10.3. The average molecular weight is 416 g/mol. The summed E-state index contributed by atoms with van der Waals surface area (Å²) in [5.41, 5.74) is 1.10. The van der Waals surface area contributed by atoms with Gasteiger partial charge in [0.2, 0.25) is 5.91 Å². The summed E-state index contributed by atoms with van der Waals surface area (Å²) in [4.78, 5) is 32.1. The molecular weight excluding hydrogens is 398 g/mol. The molecule has 1 aliphatic rings. The van der Waals surface area contributed by atoms with E-state index in [1.807, 2.05) is 12.1 Å². The van der Waals surface area contributed by atoms with Crippen LogP contribution in [0.5, 0.6) is 0 Å². The van der Waals surface area contributed by atoms with Crippen molar-refractivity contribution in [3.05, 3.63) is 63.9 Å². The lowest BCUT2D eigenvalue weighted by Crippen LogP contribution is -2.41. The van der Waals surface area contributed by atoms with Gasteiger partial charge in [-0.15, -0.1) is 0 Å². The Hall–Kier alpha value is -2.35. The smallest absolute Gasteiger partial charge is 0.266 e. The molecule has 144 valence electrons. The van der Waals surface area contributed by atoms with E-state index >= 15 is 0 Å². The first kappa shape index (κ1) is 19.0. The number of fused-ring (bicyclic) bond motifs is 1. The Kier molecular flexibility index (Phi) is 5.66. The molecule has 2 heterocycles. The van der Waals surface area contributed by atoms with Crippen molar-refractivity contribution in [2.45, 2.75) is 5.16 Å². The summed E-state index contributed by atoms with van der Waals surface area (Å²) < 4.78 is 6.83. The lowest BCUT2D eigenvalue weighted by Gasteiger charge is -2.26. The van der Waals surface area contributed by atoms with Crippen LogP contribution in [-0.4, -0.2) is 52.4 Å². The quantitative estimate of drug-likeness (QED) is 0.484. The second kappa shape index (κ2) is 8.34. The van der Waals surface area contributed by atoms with E-state index in [2.05, 4.69) is 4.98 Å². The summed E-state index contributed by atoms with van der Waals surface area (Å²) in [6, 6.07) is 14.2. The van der Waals surface area contributed by atoms with E-state index < -0.39 is 0 Å². The van der Waals surface area contributed by atoms with E-state index in [0.29, 0.717) is 53.1 Å². The fraction of sp³-hybridized carbons (Fsp3) is 0.250. The highest BCUT2D eigenvalue weighted by molar-refractivity contribution is 7.99. The van der Waals surface area contributed by atoms with E-state index in [9.17, 15) is 9.59 Å². The molecule has 1 aromatic heterocycles. The molecule has 4 rings (SSSR count). The molecule has 0 bridgehead atoms. The number of morpholine rings is 1. The number of hydrogen-bond donors (Lipinski definition) is 0. The predicted molar refractivity (Wildman–Crippen MR) is 110 cm³/mol. The van der Waals surface area contributed by atoms with Gasteiger partial charge in [-0.05, 0) is 36.4 Å². The summed E-state index contributed by atoms with van der Waals surface area (Å²) >= 11 is 7.26. The van der Waals surface area contributed by atoms with Gasteiger partial charge >= 0.3 is 0 Å². The molecule has 1 fully saturated rings. The van der Waals surface area contributed by atoms with Crippen molar-refractivity contribution in [3.63, 3.8) is 0 Å². The zero-order chi connectivity index (χ0) is 19.5. The van der Waals surface area contributed by atoms with E-state index in [4.69, 9.17) is 16.3 Å². The largest absolute Gasteiger partial charge is 0.378 e. The average Bonchev–Trinajstić information content (AvgIpc) is 2.74.